The second-order valence-electron chi connectivity index (χ2n) is 6.02. The lowest BCUT2D eigenvalue weighted by atomic mass is 10.1. The Kier molecular flexibility index (Phi) is 7.41. The molecular formula is C21H19F4NO3. The van der Waals surface area contributed by atoms with E-state index in [2.05, 4.69) is 11.3 Å². The summed E-state index contributed by atoms with van der Waals surface area (Å²) in [5, 5.41) is 0. The minimum absolute atomic E-state index is 0.0508. The molecule has 0 aliphatic carbocycles. The molecule has 4 nitrogen and oxygen atoms in total. The van der Waals surface area contributed by atoms with Gasteiger partial charge in [0.15, 0.2) is 11.5 Å². The quantitative estimate of drug-likeness (QED) is 0.558. The molecule has 0 aliphatic heterocycles. The van der Waals surface area contributed by atoms with Crippen LogP contribution < -0.4 is 9.47 Å². The second kappa shape index (κ2) is 9.77. The third kappa shape index (κ3) is 5.84. The number of halogens is 4. The molecule has 1 amide bonds. The maximum atomic E-state index is 13.8. The molecule has 154 valence electrons. The fraction of sp³-hybridized carbons (Fsp3) is 0.190. The van der Waals surface area contributed by atoms with E-state index in [0.717, 1.165) is 18.2 Å². The van der Waals surface area contributed by atoms with Crippen LogP contribution in [-0.2, 0) is 0 Å². The lowest BCUT2D eigenvalue weighted by Gasteiger charge is -2.19. The number of ether oxygens (including phenoxy) is 2. The molecule has 0 N–H and O–H groups in total. The molecule has 29 heavy (non-hydrogen) atoms. The lowest BCUT2D eigenvalue weighted by Crippen LogP contribution is -2.27. The Morgan fingerprint density at radius 1 is 1.17 bits per heavy atom. The van der Waals surface area contributed by atoms with Crippen molar-refractivity contribution in [2.45, 2.75) is 13.5 Å². The molecule has 0 bridgehead atoms. The summed E-state index contributed by atoms with van der Waals surface area (Å²) >= 11 is 0. The first-order valence-corrected chi connectivity index (χ1v) is 8.43. The van der Waals surface area contributed by atoms with Gasteiger partial charge in [-0.2, -0.15) is 8.78 Å². The van der Waals surface area contributed by atoms with Crippen molar-refractivity contribution in [2.75, 3.05) is 13.7 Å². The Labute approximate surface area is 165 Å². The van der Waals surface area contributed by atoms with Crippen molar-refractivity contribution in [3.05, 3.63) is 77.5 Å². The molecule has 0 saturated carbocycles. The van der Waals surface area contributed by atoms with Gasteiger partial charge in [0.25, 0.3) is 5.91 Å². The summed E-state index contributed by atoms with van der Waals surface area (Å²) in [4.78, 5) is 14.0. The zero-order valence-electron chi connectivity index (χ0n) is 15.8. The number of benzene rings is 2. The van der Waals surface area contributed by atoms with E-state index in [-0.39, 0.29) is 29.2 Å². The summed E-state index contributed by atoms with van der Waals surface area (Å²) < 4.78 is 61.3. The normalized spacial score (nSPS) is 11.3. The Morgan fingerprint density at radius 3 is 2.48 bits per heavy atom. The van der Waals surface area contributed by atoms with Gasteiger partial charge < -0.3 is 14.4 Å². The van der Waals surface area contributed by atoms with Crippen LogP contribution in [0.1, 0.15) is 22.8 Å². The smallest absolute Gasteiger partial charge is 0.387 e. The van der Waals surface area contributed by atoms with E-state index >= 15 is 0 Å². The number of hydrogen-bond acceptors (Lipinski definition) is 3. The van der Waals surface area contributed by atoms with Crippen LogP contribution in [0.2, 0.25) is 0 Å². The Balaban J connectivity index is 2.23. The molecule has 0 saturated heterocycles. The van der Waals surface area contributed by atoms with E-state index in [9.17, 15) is 22.4 Å². The van der Waals surface area contributed by atoms with Gasteiger partial charge in [0, 0.05) is 29.9 Å². The number of carbonyl (C=O) groups is 1. The highest BCUT2D eigenvalue weighted by molar-refractivity contribution is 5.95. The summed E-state index contributed by atoms with van der Waals surface area (Å²) in [5.74, 6) is -2.19. The van der Waals surface area contributed by atoms with E-state index in [4.69, 9.17) is 4.74 Å². The van der Waals surface area contributed by atoms with Gasteiger partial charge in [0.2, 0.25) is 0 Å². The number of methoxy groups -OCH3 is 1. The molecule has 0 aromatic heterocycles. The average molecular weight is 409 g/mol. The number of amides is 1. The second-order valence-corrected chi connectivity index (χ2v) is 6.02. The van der Waals surface area contributed by atoms with Crippen LogP contribution >= 0.6 is 0 Å². The highest BCUT2D eigenvalue weighted by Gasteiger charge is 2.18. The number of alkyl halides is 2. The van der Waals surface area contributed by atoms with Crippen LogP contribution in [-0.4, -0.2) is 31.1 Å². The third-order valence-electron chi connectivity index (χ3n) is 3.89. The van der Waals surface area contributed by atoms with Gasteiger partial charge in [-0.05, 0) is 37.3 Å². The van der Waals surface area contributed by atoms with Crippen molar-refractivity contribution in [1.29, 1.82) is 0 Å². The Hall–Kier alpha value is -3.29. The molecule has 0 aliphatic rings. The molecular weight excluding hydrogens is 390 g/mol. The molecule has 0 radical (unpaired) electrons. The topological polar surface area (TPSA) is 38.8 Å². The van der Waals surface area contributed by atoms with Gasteiger partial charge >= 0.3 is 6.61 Å². The molecule has 2 aromatic rings. The minimum atomic E-state index is -3.08. The third-order valence-corrected chi connectivity index (χ3v) is 3.89. The maximum Gasteiger partial charge on any atom is 0.387 e. The fourth-order valence-corrected chi connectivity index (χ4v) is 2.58. The van der Waals surface area contributed by atoms with Gasteiger partial charge in [-0.3, -0.25) is 4.79 Å². The van der Waals surface area contributed by atoms with Gasteiger partial charge in [-0.15, -0.1) is 0 Å². The zero-order chi connectivity index (χ0) is 21.6. The van der Waals surface area contributed by atoms with Crippen molar-refractivity contribution >= 4 is 12.0 Å². The minimum Gasteiger partial charge on any atom is -0.493 e. The van der Waals surface area contributed by atoms with Crippen LogP contribution in [0.5, 0.6) is 11.5 Å². The predicted molar refractivity (Wildman–Crippen MR) is 101 cm³/mol. The van der Waals surface area contributed by atoms with Crippen LogP contribution in [0.25, 0.3) is 6.08 Å². The Bertz CT molecular complexity index is 928. The summed E-state index contributed by atoms with van der Waals surface area (Å²) in [6.45, 7) is 2.21. The first-order chi connectivity index (χ1) is 13.7. The van der Waals surface area contributed by atoms with Crippen LogP contribution in [0.3, 0.4) is 0 Å². The molecule has 8 heteroatoms. The van der Waals surface area contributed by atoms with E-state index in [1.54, 1.807) is 6.92 Å². The summed E-state index contributed by atoms with van der Waals surface area (Å²) in [7, 11) is 1.29. The lowest BCUT2D eigenvalue weighted by molar-refractivity contribution is -0.0512. The maximum absolute atomic E-state index is 13.8. The first kappa shape index (κ1) is 22.0. The van der Waals surface area contributed by atoms with Crippen LogP contribution in [0, 0.1) is 11.6 Å². The van der Waals surface area contributed by atoms with Crippen LogP contribution in [0.4, 0.5) is 17.6 Å². The Morgan fingerprint density at radius 2 is 1.90 bits per heavy atom. The van der Waals surface area contributed by atoms with E-state index < -0.39 is 24.2 Å². The molecule has 0 heterocycles. The van der Waals surface area contributed by atoms with Gasteiger partial charge in [-0.1, -0.05) is 18.2 Å². The molecule has 0 spiro atoms. The van der Waals surface area contributed by atoms with Crippen molar-refractivity contribution in [2.24, 2.45) is 0 Å². The molecule has 0 fully saturated rings. The average Bonchev–Trinajstić information content (AvgIpc) is 2.67. The van der Waals surface area contributed by atoms with E-state index in [1.807, 2.05) is 0 Å². The summed E-state index contributed by atoms with van der Waals surface area (Å²) in [5.41, 5.74) is 0.820. The standard InChI is InChI=1S/C21H19F4NO3/c1-4-26(12-13(2)9-14-5-7-16(22)11-17(14)23)20(27)15-6-8-18(28-3)19(10-15)29-21(24)25/h4-11,21H,1,12H2,2-3H3/b13-9+. The predicted octanol–water partition coefficient (Wildman–Crippen LogP) is 5.26. The zero-order valence-corrected chi connectivity index (χ0v) is 15.8. The highest BCUT2D eigenvalue weighted by atomic mass is 19.3. The highest BCUT2D eigenvalue weighted by Crippen LogP contribution is 2.30. The van der Waals surface area contributed by atoms with Crippen molar-refractivity contribution in [1.82, 2.24) is 4.90 Å². The van der Waals surface area contributed by atoms with Crippen molar-refractivity contribution < 1.29 is 31.8 Å². The number of rotatable bonds is 8. The summed E-state index contributed by atoms with van der Waals surface area (Å²) in [6.07, 6.45) is 2.73. The van der Waals surface area contributed by atoms with Gasteiger partial charge in [0.05, 0.1) is 7.11 Å². The van der Waals surface area contributed by atoms with Crippen molar-refractivity contribution in [3.63, 3.8) is 0 Å². The molecule has 0 atom stereocenters. The number of hydrogen-bond donors (Lipinski definition) is 0. The van der Waals surface area contributed by atoms with E-state index in [1.165, 1.54) is 42.5 Å². The number of nitrogens with zero attached hydrogens (tertiary/aromatic N) is 1. The SMILES string of the molecule is C=CN(C/C(C)=C/c1ccc(F)cc1F)C(=O)c1ccc(OC)c(OC(F)F)c1. The van der Waals surface area contributed by atoms with Gasteiger partial charge in [-0.25, -0.2) is 8.78 Å². The largest absolute Gasteiger partial charge is 0.493 e. The molecule has 2 aromatic carbocycles. The first-order valence-electron chi connectivity index (χ1n) is 8.43. The van der Waals surface area contributed by atoms with E-state index in [0.29, 0.717) is 5.57 Å². The van der Waals surface area contributed by atoms with Crippen LogP contribution in [0.15, 0.2) is 54.8 Å². The summed E-state index contributed by atoms with van der Waals surface area (Å²) in [6, 6.07) is 7.05. The van der Waals surface area contributed by atoms with Gasteiger partial charge in [0.1, 0.15) is 11.6 Å². The molecule has 0 unspecified atom stereocenters. The molecule has 2 rings (SSSR count). The number of carbonyl (C=O) groups excluding carboxylic acids is 1. The van der Waals surface area contributed by atoms with Crippen molar-refractivity contribution in [3.8, 4) is 11.5 Å². The fourth-order valence-electron chi connectivity index (χ4n) is 2.58. The monoisotopic (exact) mass is 409 g/mol.